The molecule has 0 saturated carbocycles. The molecule has 1 fully saturated rings. The third kappa shape index (κ3) is 2.71. The number of hydrogen-bond donors (Lipinski definition) is 3. The van der Waals surface area contributed by atoms with E-state index in [4.69, 9.17) is 10.8 Å². The van der Waals surface area contributed by atoms with E-state index in [-0.39, 0.29) is 13.0 Å². The van der Waals surface area contributed by atoms with E-state index in [0.29, 0.717) is 15.7 Å². The number of nitrogens with zero attached hydrogens (tertiary/aromatic N) is 1. The minimum atomic E-state index is -1.11. The molecular weight excluding hydrogens is 316 g/mol. The third-order valence-corrected chi connectivity index (χ3v) is 3.76. The number of rotatable bonds is 2. The molecule has 0 aromatic heterocycles. The molecule has 1 saturated heterocycles. The Morgan fingerprint density at radius 3 is 2.68 bits per heavy atom. The van der Waals surface area contributed by atoms with Crippen molar-refractivity contribution in [2.24, 2.45) is 0 Å². The van der Waals surface area contributed by atoms with Gasteiger partial charge in [0.2, 0.25) is 0 Å². The average molecular weight is 329 g/mol. The topological polar surface area (TPSA) is 104 Å². The number of nitrogen functional groups attached to an aromatic ring is 1. The number of benzene rings is 1. The SMILES string of the molecule is Nc1ccc(C(=O)N2C[C@H](O)C[C@H]2C(=O)O)cc1Br. The van der Waals surface area contributed by atoms with Crippen LogP contribution in [0.2, 0.25) is 0 Å². The highest BCUT2D eigenvalue weighted by molar-refractivity contribution is 9.10. The maximum absolute atomic E-state index is 12.3. The largest absolute Gasteiger partial charge is 0.480 e. The molecule has 4 N–H and O–H groups in total. The number of aliphatic hydroxyl groups is 1. The number of carbonyl (C=O) groups excluding carboxylic acids is 1. The van der Waals surface area contributed by atoms with Gasteiger partial charge in [0.25, 0.3) is 5.91 Å². The van der Waals surface area contributed by atoms with E-state index in [1.165, 1.54) is 11.0 Å². The fourth-order valence-corrected chi connectivity index (χ4v) is 2.48. The number of anilines is 1. The van der Waals surface area contributed by atoms with Crippen LogP contribution in [0, 0.1) is 0 Å². The van der Waals surface area contributed by atoms with E-state index in [0.717, 1.165) is 0 Å². The van der Waals surface area contributed by atoms with E-state index in [9.17, 15) is 14.7 Å². The van der Waals surface area contributed by atoms with Crippen LogP contribution in [0.4, 0.5) is 5.69 Å². The quantitative estimate of drug-likeness (QED) is 0.693. The van der Waals surface area contributed by atoms with Crippen molar-refractivity contribution < 1.29 is 19.8 Å². The first-order valence-electron chi connectivity index (χ1n) is 5.67. The number of amides is 1. The summed E-state index contributed by atoms with van der Waals surface area (Å²) in [5.41, 5.74) is 6.46. The molecule has 0 bridgehead atoms. The van der Waals surface area contributed by atoms with Crippen LogP contribution < -0.4 is 5.73 Å². The zero-order valence-corrected chi connectivity index (χ0v) is 11.5. The molecule has 0 aliphatic carbocycles. The molecule has 19 heavy (non-hydrogen) atoms. The molecule has 1 aliphatic rings. The van der Waals surface area contributed by atoms with E-state index in [2.05, 4.69) is 15.9 Å². The van der Waals surface area contributed by atoms with Gasteiger partial charge in [-0.25, -0.2) is 4.79 Å². The summed E-state index contributed by atoms with van der Waals surface area (Å²) in [6.45, 7) is 0.0256. The van der Waals surface area contributed by atoms with Crippen molar-refractivity contribution in [1.29, 1.82) is 0 Å². The average Bonchev–Trinajstić information content (AvgIpc) is 2.74. The summed E-state index contributed by atoms with van der Waals surface area (Å²) in [4.78, 5) is 24.5. The summed E-state index contributed by atoms with van der Waals surface area (Å²) in [7, 11) is 0. The predicted molar refractivity (Wildman–Crippen MR) is 71.6 cm³/mol. The number of β-amino-alcohol motifs (C(OH)–C–C–N with tert-alkyl or cyclic N) is 1. The fraction of sp³-hybridized carbons (Fsp3) is 0.333. The molecule has 1 heterocycles. The van der Waals surface area contributed by atoms with Gasteiger partial charge in [0.15, 0.2) is 0 Å². The van der Waals surface area contributed by atoms with E-state index < -0.39 is 24.0 Å². The molecule has 1 aliphatic heterocycles. The summed E-state index contributed by atoms with van der Waals surface area (Å²) < 4.78 is 0.574. The summed E-state index contributed by atoms with van der Waals surface area (Å²) in [5, 5.41) is 18.6. The van der Waals surface area contributed by atoms with Crippen LogP contribution in [0.3, 0.4) is 0 Å². The van der Waals surface area contributed by atoms with Crippen LogP contribution in [-0.2, 0) is 4.79 Å². The first-order valence-corrected chi connectivity index (χ1v) is 6.46. The molecule has 102 valence electrons. The number of hydrogen-bond acceptors (Lipinski definition) is 4. The smallest absolute Gasteiger partial charge is 0.326 e. The lowest BCUT2D eigenvalue weighted by molar-refractivity contribution is -0.141. The van der Waals surface area contributed by atoms with Crippen molar-refractivity contribution in [2.45, 2.75) is 18.6 Å². The van der Waals surface area contributed by atoms with E-state index >= 15 is 0 Å². The number of aliphatic carboxylic acids is 1. The number of halogens is 1. The van der Waals surface area contributed by atoms with Crippen molar-refractivity contribution in [3.63, 3.8) is 0 Å². The molecular formula is C12H13BrN2O4. The van der Waals surface area contributed by atoms with Gasteiger partial charge in [-0.3, -0.25) is 4.79 Å². The fourth-order valence-electron chi connectivity index (χ4n) is 2.10. The molecule has 0 radical (unpaired) electrons. The summed E-state index contributed by atoms with van der Waals surface area (Å²) >= 11 is 3.22. The van der Waals surface area contributed by atoms with Gasteiger partial charge >= 0.3 is 5.97 Å². The van der Waals surface area contributed by atoms with Crippen LogP contribution in [0.15, 0.2) is 22.7 Å². The monoisotopic (exact) mass is 328 g/mol. The van der Waals surface area contributed by atoms with Crippen molar-refractivity contribution in [3.8, 4) is 0 Å². The number of carboxylic acid groups (broad SMARTS) is 1. The lowest BCUT2D eigenvalue weighted by Crippen LogP contribution is -2.40. The third-order valence-electron chi connectivity index (χ3n) is 3.07. The van der Waals surface area contributed by atoms with Crippen LogP contribution in [0.1, 0.15) is 16.8 Å². The predicted octanol–water partition coefficient (Wildman–Crippen LogP) is 0.691. The van der Waals surface area contributed by atoms with Crippen LogP contribution in [-0.4, -0.2) is 45.7 Å². The Morgan fingerprint density at radius 2 is 2.11 bits per heavy atom. The van der Waals surface area contributed by atoms with Gasteiger partial charge in [-0.1, -0.05) is 0 Å². The normalized spacial score (nSPS) is 22.5. The van der Waals surface area contributed by atoms with Crippen LogP contribution >= 0.6 is 15.9 Å². The lowest BCUT2D eigenvalue weighted by Gasteiger charge is -2.21. The van der Waals surface area contributed by atoms with Gasteiger partial charge < -0.3 is 20.8 Å². The van der Waals surface area contributed by atoms with E-state index in [1.54, 1.807) is 12.1 Å². The lowest BCUT2D eigenvalue weighted by atomic mass is 10.1. The van der Waals surface area contributed by atoms with E-state index in [1.807, 2.05) is 0 Å². The Hall–Kier alpha value is -1.60. The molecule has 6 nitrogen and oxygen atoms in total. The van der Waals surface area contributed by atoms with Gasteiger partial charge in [0.05, 0.1) is 6.10 Å². The molecule has 2 atom stereocenters. The number of likely N-dealkylation sites (tertiary alicyclic amines) is 1. The Balaban J connectivity index is 2.27. The maximum Gasteiger partial charge on any atom is 0.326 e. The number of carbonyl (C=O) groups is 2. The Kier molecular flexibility index (Phi) is 3.77. The molecule has 1 aromatic carbocycles. The second-order valence-corrected chi connectivity index (χ2v) is 5.29. The van der Waals surface area contributed by atoms with Crippen molar-refractivity contribution in [3.05, 3.63) is 28.2 Å². The van der Waals surface area contributed by atoms with Crippen LogP contribution in [0.25, 0.3) is 0 Å². The van der Waals surface area contributed by atoms with Crippen molar-refractivity contribution >= 4 is 33.5 Å². The second-order valence-electron chi connectivity index (χ2n) is 4.44. The second kappa shape index (κ2) is 5.18. The van der Waals surface area contributed by atoms with Crippen LogP contribution in [0.5, 0.6) is 0 Å². The Labute approximate surface area is 117 Å². The minimum absolute atomic E-state index is 0.0256. The van der Waals surface area contributed by atoms with Gasteiger partial charge in [-0.2, -0.15) is 0 Å². The highest BCUT2D eigenvalue weighted by Gasteiger charge is 2.39. The van der Waals surface area contributed by atoms with Gasteiger partial charge in [0.1, 0.15) is 6.04 Å². The van der Waals surface area contributed by atoms with Gasteiger partial charge in [-0.05, 0) is 34.1 Å². The first kappa shape index (κ1) is 13.8. The number of nitrogens with two attached hydrogens (primary N) is 1. The Morgan fingerprint density at radius 1 is 1.42 bits per heavy atom. The van der Waals surface area contributed by atoms with Gasteiger partial charge in [0, 0.05) is 28.7 Å². The maximum atomic E-state index is 12.3. The van der Waals surface area contributed by atoms with Crippen molar-refractivity contribution in [1.82, 2.24) is 4.90 Å². The minimum Gasteiger partial charge on any atom is -0.480 e. The van der Waals surface area contributed by atoms with Crippen molar-refractivity contribution in [2.75, 3.05) is 12.3 Å². The highest BCUT2D eigenvalue weighted by Crippen LogP contribution is 2.25. The zero-order valence-electron chi connectivity index (χ0n) is 9.91. The molecule has 1 aromatic rings. The number of carboxylic acids is 1. The molecule has 0 spiro atoms. The summed E-state index contributed by atoms with van der Waals surface area (Å²) in [5.74, 6) is -1.54. The van der Waals surface area contributed by atoms with Gasteiger partial charge in [-0.15, -0.1) is 0 Å². The Bertz CT molecular complexity index is 534. The molecule has 1 amide bonds. The summed E-state index contributed by atoms with van der Waals surface area (Å²) in [6, 6.07) is 3.66. The summed E-state index contributed by atoms with van der Waals surface area (Å²) in [6.07, 6.45) is -0.751. The molecule has 0 unspecified atom stereocenters. The zero-order chi connectivity index (χ0) is 14.2. The first-order chi connectivity index (χ1) is 8.90. The standard InChI is InChI=1S/C12H13BrN2O4/c13-8-3-6(1-2-9(8)14)11(17)15-5-7(16)4-10(15)12(18)19/h1-3,7,10,16H,4-5,14H2,(H,18,19)/t7-,10+/m1/s1. The number of aliphatic hydroxyl groups excluding tert-OH is 1. The molecule has 7 heteroatoms. The molecule has 2 rings (SSSR count). The highest BCUT2D eigenvalue weighted by atomic mass is 79.9.